The summed E-state index contributed by atoms with van der Waals surface area (Å²) >= 11 is 1.10. The van der Waals surface area contributed by atoms with Crippen molar-refractivity contribution in [2.45, 2.75) is 25.2 Å². The molecule has 10 nitrogen and oxygen atoms in total. The van der Waals surface area contributed by atoms with Gasteiger partial charge in [-0.1, -0.05) is 17.8 Å². The molecule has 0 aliphatic rings. The molecule has 0 bridgehead atoms. The van der Waals surface area contributed by atoms with Crippen molar-refractivity contribution >= 4 is 35.0 Å². The van der Waals surface area contributed by atoms with E-state index in [1.807, 2.05) is 0 Å². The zero-order chi connectivity index (χ0) is 19.8. The summed E-state index contributed by atoms with van der Waals surface area (Å²) < 4.78 is 1.54. The van der Waals surface area contributed by atoms with E-state index in [0.717, 1.165) is 11.8 Å². The first kappa shape index (κ1) is 20.4. The Bertz CT molecular complexity index is 838. The Kier molecular flexibility index (Phi) is 7.32. The van der Waals surface area contributed by atoms with E-state index in [1.165, 1.54) is 29.0 Å². The normalized spacial score (nSPS) is 10.4. The number of aliphatic hydroxyl groups is 1. The van der Waals surface area contributed by atoms with Crippen LogP contribution in [0.4, 0.5) is 11.4 Å². The fraction of sp³-hybridized carbons (Fsp3) is 0.312. The van der Waals surface area contributed by atoms with Gasteiger partial charge in [0.05, 0.1) is 29.2 Å². The van der Waals surface area contributed by atoms with Crippen molar-refractivity contribution in [3.05, 3.63) is 46.3 Å². The smallest absolute Gasteiger partial charge is 0.271 e. The number of nitro groups is 1. The van der Waals surface area contributed by atoms with Crippen molar-refractivity contribution in [2.24, 2.45) is 0 Å². The van der Waals surface area contributed by atoms with E-state index in [9.17, 15) is 24.8 Å². The minimum absolute atomic E-state index is 0.0139. The third-order valence-electron chi connectivity index (χ3n) is 3.41. The molecule has 0 aliphatic heterocycles. The van der Waals surface area contributed by atoms with Crippen LogP contribution in [0.5, 0.6) is 0 Å². The highest BCUT2D eigenvalue weighted by atomic mass is 32.2. The summed E-state index contributed by atoms with van der Waals surface area (Å²) in [5.74, 6) is -0.619. The molecule has 0 fully saturated rings. The second kappa shape index (κ2) is 9.69. The summed E-state index contributed by atoms with van der Waals surface area (Å²) in [5, 5.41) is 25.8. The number of imidazole rings is 1. The van der Waals surface area contributed by atoms with Crippen molar-refractivity contribution in [3.8, 4) is 0 Å². The van der Waals surface area contributed by atoms with E-state index in [4.69, 9.17) is 0 Å². The van der Waals surface area contributed by atoms with Crippen LogP contribution in [0.25, 0.3) is 0 Å². The molecule has 0 saturated carbocycles. The fourth-order valence-electron chi connectivity index (χ4n) is 2.22. The average molecular weight is 393 g/mol. The first-order valence-corrected chi connectivity index (χ1v) is 9.02. The number of amides is 2. The monoisotopic (exact) mass is 393 g/mol. The molecule has 0 spiro atoms. The average Bonchev–Trinajstić information content (AvgIpc) is 3.02. The van der Waals surface area contributed by atoms with E-state index < -0.39 is 4.92 Å². The first-order chi connectivity index (χ1) is 12.9. The molecule has 2 rings (SSSR count). The molecule has 0 unspecified atom stereocenters. The third-order valence-corrected chi connectivity index (χ3v) is 4.40. The van der Waals surface area contributed by atoms with Gasteiger partial charge in [0.25, 0.3) is 5.69 Å². The maximum Gasteiger partial charge on any atom is 0.271 e. The van der Waals surface area contributed by atoms with E-state index >= 15 is 0 Å². The van der Waals surface area contributed by atoms with E-state index in [-0.39, 0.29) is 36.4 Å². The highest BCUT2D eigenvalue weighted by molar-refractivity contribution is 7.99. The number of aromatic nitrogens is 2. The number of hydrogen-bond donors (Lipinski definition) is 3. The van der Waals surface area contributed by atoms with Crippen LogP contribution < -0.4 is 10.6 Å². The number of nitrogens with zero attached hydrogens (tertiary/aromatic N) is 3. The minimum Gasteiger partial charge on any atom is -0.390 e. The van der Waals surface area contributed by atoms with Gasteiger partial charge in [-0.15, -0.1) is 0 Å². The van der Waals surface area contributed by atoms with Crippen LogP contribution in [-0.2, 0) is 22.7 Å². The van der Waals surface area contributed by atoms with E-state index in [0.29, 0.717) is 23.1 Å². The lowest BCUT2D eigenvalue weighted by atomic mass is 10.3. The number of anilines is 1. The molecule has 1 aromatic carbocycles. The molecule has 3 N–H and O–H groups in total. The van der Waals surface area contributed by atoms with Gasteiger partial charge >= 0.3 is 0 Å². The Labute approximate surface area is 159 Å². The summed E-state index contributed by atoms with van der Waals surface area (Å²) in [4.78, 5) is 38.3. The number of hydrogen-bond acceptors (Lipinski definition) is 7. The lowest BCUT2D eigenvalue weighted by molar-refractivity contribution is -0.384. The predicted molar refractivity (Wildman–Crippen MR) is 99.3 cm³/mol. The molecule has 0 aliphatic carbocycles. The zero-order valence-electron chi connectivity index (χ0n) is 14.5. The number of benzene rings is 1. The highest BCUT2D eigenvalue weighted by Crippen LogP contribution is 2.21. The van der Waals surface area contributed by atoms with Crippen LogP contribution >= 0.6 is 11.8 Å². The van der Waals surface area contributed by atoms with Gasteiger partial charge in [0.15, 0.2) is 5.16 Å². The summed E-state index contributed by atoms with van der Waals surface area (Å²) in [6, 6.07) is 5.63. The summed E-state index contributed by atoms with van der Waals surface area (Å²) in [5.41, 5.74) is 0.657. The lowest BCUT2D eigenvalue weighted by Gasteiger charge is -2.10. The number of rotatable bonds is 9. The van der Waals surface area contributed by atoms with Crippen LogP contribution in [0.1, 0.15) is 12.6 Å². The summed E-state index contributed by atoms with van der Waals surface area (Å²) in [6.45, 7) is 1.98. The Morgan fingerprint density at radius 2 is 2.15 bits per heavy atom. The highest BCUT2D eigenvalue weighted by Gasteiger charge is 2.15. The molecule has 2 aromatic rings. The van der Waals surface area contributed by atoms with Gasteiger partial charge in [-0.05, 0) is 13.0 Å². The Morgan fingerprint density at radius 1 is 1.37 bits per heavy atom. The van der Waals surface area contributed by atoms with Gasteiger partial charge in [0.2, 0.25) is 11.8 Å². The van der Waals surface area contributed by atoms with Crippen molar-refractivity contribution in [3.63, 3.8) is 0 Å². The van der Waals surface area contributed by atoms with Gasteiger partial charge in [-0.2, -0.15) is 0 Å². The molecule has 0 atom stereocenters. The number of nitro benzene ring substituents is 1. The maximum absolute atomic E-state index is 12.1. The molecule has 1 heterocycles. The molecule has 0 saturated heterocycles. The molecular formula is C16H19N5O5S. The van der Waals surface area contributed by atoms with Gasteiger partial charge in [-0.3, -0.25) is 19.7 Å². The predicted octanol–water partition coefficient (Wildman–Crippen LogP) is 1.15. The number of likely N-dealkylation sites (N-methyl/N-ethyl adjacent to an activating group) is 1. The number of thioether (sulfide) groups is 1. The Balaban J connectivity index is 2.00. The van der Waals surface area contributed by atoms with Gasteiger partial charge < -0.3 is 20.3 Å². The molecule has 1 aromatic heterocycles. The minimum atomic E-state index is -0.543. The van der Waals surface area contributed by atoms with Crippen molar-refractivity contribution < 1.29 is 19.6 Å². The molecule has 144 valence electrons. The quantitative estimate of drug-likeness (QED) is 0.330. The Hall–Kier alpha value is -2.92. The zero-order valence-corrected chi connectivity index (χ0v) is 15.4. The SMILES string of the molecule is CCNC(=O)Cn1c(CO)cnc1SCC(=O)Nc1cccc([N+](=O)[O-])c1. The second-order valence-corrected chi connectivity index (χ2v) is 6.32. The van der Waals surface area contributed by atoms with Gasteiger partial charge in [0, 0.05) is 24.4 Å². The molecule has 11 heteroatoms. The second-order valence-electron chi connectivity index (χ2n) is 5.37. The van der Waals surface area contributed by atoms with Gasteiger partial charge in [-0.25, -0.2) is 4.98 Å². The van der Waals surface area contributed by atoms with Crippen LogP contribution in [0, 0.1) is 10.1 Å². The number of non-ortho nitro benzene ring substituents is 1. The third kappa shape index (κ3) is 5.79. The molecule has 2 amide bonds. The van der Waals surface area contributed by atoms with Crippen molar-refractivity contribution in [1.82, 2.24) is 14.9 Å². The van der Waals surface area contributed by atoms with E-state index in [2.05, 4.69) is 15.6 Å². The topological polar surface area (TPSA) is 139 Å². The maximum atomic E-state index is 12.1. The number of nitrogens with one attached hydrogen (secondary N) is 2. The van der Waals surface area contributed by atoms with Crippen molar-refractivity contribution in [2.75, 3.05) is 17.6 Å². The van der Waals surface area contributed by atoms with Crippen LogP contribution in [-0.4, -0.2) is 43.7 Å². The largest absolute Gasteiger partial charge is 0.390 e. The van der Waals surface area contributed by atoms with E-state index in [1.54, 1.807) is 13.0 Å². The first-order valence-electron chi connectivity index (χ1n) is 8.03. The van der Waals surface area contributed by atoms with Crippen LogP contribution in [0.2, 0.25) is 0 Å². The number of aliphatic hydroxyl groups excluding tert-OH is 1. The van der Waals surface area contributed by atoms with Crippen LogP contribution in [0.15, 0.2) is 35.6 Å². The number of carbonyl (C=O) groups excluding carboxylic acids is 2. The lowest BCUT2D eigenvalue weighted by Crippen LogP contribution is -2.28. The van der Waals surface area contributed by atoms with Crippen molar-refractivity contribution in [1.29, 1.82) is 0 Å². The van der Waals surface area contributed by atoms with Gasteiger partial charge in [0.1, 0.15) is 6.54 Å². The Morgan fingerprint density at radius 3 is 2.81 bits per heavy atom. The number of carbonyl (C=O) groups is 2. The standard InChI is InChI=1S/C16H19N5O5S/c1-2-17-14(23)8-20-13(9-22)7-18-16(20)27-10-15(24)19-11-4-3-5-12(6-11)21(25)26/h3-7,22H,2,8-10H2,1H3,(H,17,23)(H,19,24). The van der Waals surface area contributed by atoms with Crippen LogP contribution in [0.3, 0.4) is 0 Å². The molecular weight excluding hydrogens is 374 g/mol. The molecule has 0 radical (unpaired) electrons. The summed E-state index contributed by atoms with van der Waals surface area (Å²) in [7, 11) is 0. The summed E-state index contributed by atoms with van der Waals surface area (Å²) in [6.07, 6.45) is 1.44. The molecule has 27 heavy (non-hydrogen) atoms. The fourth-order valence-corrected chi connectivity index (χ4v) is 3.02.